The zero-order valence-electron chi connectivity index (χ0n) is 7.88. The van der Waals surface area contributed by atoms with Gasteiger partial charge in [-0.15, -0.1) is 0 Å². The summed E-state index contributed by atoms with van der Waals surface area (Å²) < 4.78 is 5.98. The minimum absolute atomic E-state index is 0.235. The highest BCUT2D eigenvalue weighted by Gasteiger charge is 2.25. The van der Waals surface area contributed by atoms with Gasteiger partial charge in [0.15, 0.2) is 11.5 Å². The number of aromatic hydroxyl groups is 1. The molecule has 2 rings (SSSR count). The first-order valence-electron chi connectivity index (χ1n) is 4.52. The largest absolute Gasteiger partial charge is 0.504 e. The average molecular weight is 258 g/mol. The lowest BCUT2D eigenvalue weighted by molar-refractivity contribution is 0.340. The highest BCUT2D eigenvalue weighted by molar-refractivity contribution is 9.10. The Kier molecular flexibility index (Phi) is 2.65. The third-order valence-corrected chi connectivity index (χ3v) is 3.21. The van der Waals surface area contributed by atoms with Gasteiger partial charge in [0, 0.05) is 16.1 Å². The van der Waals surface area contributed by atoms with Crippen molar-refractivity contribution in [2.75, 3.05) is 13.7 Å². The molecular formula is C10H12BrNO2. The van der Waals surface area contributed by atoms with Crippen LogP contribution in [0.15, 0.2) is 16.6 Å². The van der Waals surface area contributed by atoms with E-state index in [4.69, 9.17) is 4.74 Å². The summed E-state index contributed by atoms with van der Waals surface area (Å²) in [6, 6.07) is 3.90. The fourth-order valence-corrected chi connectivity index (χ4v) is 2.19. The van der Waals surface area contributed by atoms with Crippen molar-refractivity contribution in [1.29, 1.82) is 0 Å². The third kappa shape index (κ3) is 1.48. The zero-order valence-corrected chi connectivity index (χ0v) is 9.47. The van der Waals surface area contributed by atoms with Gasteiger partial charge in [-0.05, 0) is 25.1 Å². The molecule has 0 aromatic heterocycles. The first-order valence-corrected chi connectivity index (χ1v) is 5.32. The summed E-state index contributed by atoms with van der Waals surface area (Å²) >= 11 is 3.43. The molecular weight excluding hydrogens is 246 g/mol. The summed E-state index contributed by atoms with van der Waals surface area (Å²) in [4.78, 5) is 0. The standard InChI is InChI=1S/C10H12BrNO2/c1-14-8-3-2-6(11)9(10(8)13)7-4-5-12-7/h2-3,7,12-13H,4-5H2,1H3/t7-/m1/s1. The Labute approximate surface area is 91.2 Å². The van der Waals surface area contributed by atoms with Crippen LogP contribution in [-0.4, -0.2) is 18.8 Å². The van der Waals surface area contributed by atoms with Crippen LogP contribution in [-0.2, 0) is 0 Å². The summed E-state index contributed by atoms with van der Waals surface area (Å²) in [6.45, 7) is 1.01. The van der Waals surface area contributed by atoms with E-state index in [2.05, 4.69) is 21.2 Å². The van der Waals surface area contributed by atoms with Crippen molar-refractivity contribution in [2.24, 2.45) is 0 Å². The molecule has 14 heavy (non-hydrogen) atoms. The Hall–Kier alpha value is -0.740. The van der Waals surface area contributed by atoms with E-state index in [0.29, 0.717) is 5.75 Å². The maximum absolute atomic E-state index is 9.91. The Balaban J connectivity index is 2.44. The second kappa shape index (κ2) is 3.79. The molecule has 0 bridgehead atoms. The molecule has 76 valence electrons. The smallest absolute Gasteiger partial charge is 0.163 e. The molecule has 1 fully saturated rings. The average Bonchev–Trinajstić information content (AvgIpc) is 2.09. The molecule has 0 aliphatic carbocycles. The first-order chi connectivity index (χ1) is 6.74. The minimum Gasteiger partial charge on any atom is -0.504 e. The molecule has 0 spiro atoms. The molecule has 0 saturated carbocycles. The molecule has 0 radical (unpaired) electrons. The molecule has 3 nitrogen and oxygen atoms in total. The normalized spacial score (nSPS) is 20.3. The van der Waals surface area contributed by atoms with Gasteiger partial charge in [-0.1, -0.05) is 15.9 Å². The number of ether oxygens (including phenoxy) is 1. The molecule has 1 aliphatic rings. The SMILES string of the molecule is COc1ccc(Br)c([C@H]2CCN2)c1O. The summed E-state index contributed by atoms with van der Waals surface area (Å²) in [7, 11) is 1.56. The van der Waals surface area contributed by atoms with E-state index in [0.717, 1.165) is 23.0 Å². The Bertz CT molecular complexity index is 350. The number of rotatable bonds is 2. The van der Waals surface area contributed by atoms with Crippen molar-refractivity contribution in [3.8, 4) is 11.5 Å². The molecule has 1 aromatic carbocycles. The molecule has 1 atom stereocenters. The number of phenolic OH excluding ortho intramolecular Hbond substituents is 1. The van der Waals surface area contributed by atoms with Crippen LogP contribution in [0, 0.1) is 0 Å². The third-order valence-electron chi connectivity index (χ3n) is 2.52. The fourth-order valence-electron chi connectivity index (χ4n) is 1.59. The molecule has 1 heterocycles. The summed E-state index contributed by atoms with van der Waals surface area (Å²) in [5.41, 5.74) is 0.899. The second-order valence-electron chi connectivity index (χ2n) is 3.31. The monoisotopic (exact) mass is 257 g/mol. The van der Waals surface area contributed by atoms with Gasteiger partial charge < -0.3 is 15.2 Å². The number of phenols is 1. The quantitative estimate of drug-likeness (QED) is 0.854. The number of methoxy groups -OCH3 is 1. The lowest BCUT2D eigenvalue weighted by Gasteiger charge is -2.29. The molecule has 1 aliphatic heterocycles. The van der Waals surface area contributed by atoms with Crippen LogP contribution < -0.4 is 10.1 Å². The number of hydrogen-bond donors (Lipinski definition) is 2. The van der Waals surface area contributed by atoms with Crippen LogP contribution in [0.2, 0.25) is 0 Å². The lowest BCUT2D eigenvalue weighted by Crippen LogP contribution is -2.35. The summed E-state index contributed by atoms with van der Waals surface area (Å²) in [6.07, 6.45) is 1.05. The predicted octanol–water partition coefficient (Wildman–Crippen LogP) is 2.20. The van der Waals surface area contributed by atoms with Crippen molar-refractivity contribution in [3.05, 3.63) is 22.2 Å². The predicted molar refractivity (Wildman–Crippen MR) is 57.7 cm³/mol. The van der Waals surface area contributed by atoms with Crippen LogP contribution in [0.4, 0.5) is 0 Å². The summed E-state index contributed by atoms with van der Waals surface area (Å²) in [5.74, 6) is 0.760. The van der Waals surface area contributed by atoms with Gasteiger partial charge in [0.05, 0.1) is 7.11 Å². The van der Waals surface area contributed by atoms with E-state index in [1.54, 1.807) is 13.2 Å². The van der Waals surface area contributed by atoms with Crippen molar-refractivity contribution < 1.29 is 9.84 Å². The first kappa shape index (κ1) is 9.80. The summed E-state index contributed by atoms with van der Waals surface area (Å²) in [5, 5.41) is 13.2. The fraction of sp³-hybridized carbons (Fsp3) is 0.400. The van der Waals surface area contributed by atoms with Crippen LogP contribution >= 0.6 is 15.9 Å². The highest BCUT2D eigenvalue weighted by Crippen LogP contribution is 2.41. The van der Waals surface area contributed by atoms with Crippen molar-refractivity contribution in [1.82, 2.24) is 5.32 Å². The highest BCUT2D eigenvalue weighted by atomic mass is 79.9. The Morgan fingerprint density at radius 1 is 1.57 bits per heavy atom. The van der Waals surface area contributed by atoms with Crippen LogP contribution in [0.1, 0.15) is 18.0 Å². The van der Waals surface area contributed by atoms with Gasteiger partial charge >= 0.3 is 0 Å². The number of hydrogen-bond acceptors (Lipinski definition) is 3. The van der Waals surface area contributed by atoms with E-state index in [1.165, 1.54) is 0 Å². The van der Waals surface area contributed by atoms with E-state index >= 15 is 0 Å². The van der Waals surface area contributed by atoms with Crippen LogP contribution in [0.25, 0.3) is 0 Å². The second-order valence-corrected chi connectivity index (χ2v) is 4.16. The Morgan fingerprint density at radius 3 is 2.79 bits per heavy atom. The van der Waals surface area contributed by atoms with Gasteiger partial charge in [-0.3, -0.25) is 0 Å². The van der Waals surface area contributed by atoms with Crippen molar-refractivity contribution in [3.63, 3.8) is 0 Å². The zero-order chi connectivity index (χ0) is 10.1. The van der Waals surface area contributed by atoms with Gasteiger partial charge in [0.25, 0.3) is 0 Å². The van der Waals surface area contributed by atoms with E-state index in [-0.39, 0.29) is 11.8 Å². The number of halogens is 1. The van der Waals surface area contributed by atoms with Gasteiger partial charge in [-0.2, -0.15) is 0 Å². The van der Waals surface area contributed by atoms with Gasteiger partial charge in [0.1, 0.15) is 0 Å². The number of nitrogens with one attached hydrogen (secondary N) is 1. The topological polar surface area (TPSA) is 41.5 Å². The molecule has 4 heteroatoms. The van der Waals surface area contributed by atoms with Gasteiger partial charge in [0.2, 0.25) is 0 Å². The van der Waals surface area contributed by atoms with E-state index < -0.39 is 0 Å². The minimum atomic E-state index is 0.235. The van der Waals surface area contributed by atoms with Crippen LogP contribution in [0.5, 0.6) is 11.5 Å². The molecule has 1 saturated heterocycles. The molecule has 0 amide bonds. The molecule has 0 unspecified atom stereocenters. The molecule has 2 N–H and O–H groups in total. The maximum Gasteiger partial charge on any atom is 0.163 e. The van der Waals surface area contributed by atoms with Crippen molar-refractivity contribution in [2.45, 2.75) is 12.5 Å². The van der Waals surface area contributed by atoms with E-state index in [9.17, 15) is 5.11 Å². The van der Waals surface area contributed by atoms with Crippen LogP contribution in [0.3, 0.4) is 0 Å². The lowest BCUT2D eigenvalue weighted by atomic mass is 9.97. The van der Waals surface area contributed by atoms with Crippen molar-refractivity contribution >= 4 is 15.9 Å². The van der Waals surface area contributed by atoms with Gasteiger partial charge in [-0.25, -0.2) is 0 Å². The maximum atomic E-state index is 9.91. The molecule has 1 aromatic rings. The van der Waals surface area contributed by atoms with E-state index in [1.807, 2.05) is 6.07 Å². The number of benzene rings is 1. The Morgan fingerprint density at radius 2 is 2.29 bits per heavy atom.